The number of nitrogens with two attached hydrogens (primary N) is 1. The number of anilines is 2. The number of morpholine rings is 1. The number of ether oxygens (including phenoxy) is 1. The summed E-state index contributed by atoms with van der Waals surface area (Å²) in [6.45, 7) is 9.89. The van der Waals surface area contributed by atoms with Gasteiger partial charge in [0.1, 0.15) is 5.82 Å². The van der Waals surface area contributed by atoms with Crippen LogP contribution < -0.4 is 10.6 Å². The average Bonchev–Trinajstić information content (AvgIpc) is 2.60. The van der Waals surface area contributed by atoms with Gasteiger partial charge in [0.2, 0.25) is 0 Å². The van der Waals surface area contributed by atoms with Crippen molar-refractivity contribution in [3.63, 3.8) is 0 Å². The number of nitrogen functional groups attached to an aromatic ring is 1. The average molecular weight is 359 g/mol. The molecule has 1 saturated heterocycles. The van der Waals surface area contributed by atoms with E-state index >= 15 is 0 Å². The van der Waals surface area contributed by atoms with E-state index in [1.54, 1.807) is 0 Å². The molecule has 25 heavy (non-hydrogen) atoms. The van der Waals surface area contributed by atoms with Crippen molar-refractivity contribution in [3.8, 4) is 11.4 Å². The molecule has 3 rings (SSSR count). The highest BCUT2D eigenvalue weighted by atomic mass is 32.2. The monoisotopic (exact) mass is 358 g/mol. The molecular weight excluding hydrogens is 332 g/mol. The first kappa shape index (κ1) is 18.0. The first-order valence-corrected chi connectivity index (χ1v) is 9.60. The molecule has 0 radical (unpaired) electrons. The zero-order chi connectivity index (χ0) is 17.9. The predicted molar refractivity (Wildman–Crippen MR) is 106 cm³/mol. The fraction of sp³-hybridized carbons (Fsp3) is 0.474. The van der Waals surface area contributed by atoms with Gasteiger partial charge in [-0.15, -0.1) is 11.8 Å². The first-order chi connectivity index (χ1) is 11.9. The highest BCUT2D eigenvalue weighted by molar-refractivity contribution is 7.99. The maximum atomic E-state index is 5.81. The molecule has 0 spiro atoms. The smallest absolute Gasteiger partial charge is 0.161 e. The lowest BCUT2D eigenvalue weighted by Crippen LogP contribution is -2.37. The topological polar surface area (TPSA) is 64.3 Å². The SMILES string of the molecule is CC(C)(C)SCc1cc(N2CCOCC2)nc(-c2ccc(N)cc2)n1. The van der Waals surface area contributed by atoms with Crippen LogP contribution in [0.2, 0.25) is 0 Å². The van der Waals surface area contributed by atoms with Gasteiger partial charge >= 0.3 is 0 Å². The number of hydrogen-bond acceptors (Lipinski definition) is 6. The minimum atomic E-state index is 0.200. The van der Waals surface area contributed by atoms with Gasteiger partial charge in [-0.05, 0) is 24.3 Å². The molecule has 1 aliphatic rings. The van der Waals surface area contributed by atoms with Gasteiger partial charge in [0, 0.05) is 40.9 Å². The van der Waals surface area contributed by atoms with Crippen LogP contribution in [0.15, 0.2) is 30.3 Å². The number of nitrogens with zero attached hydrogens (tertiary/aromatic N) is 3. The minimum Gasteiger partial charge on any atom is -0.399 e. The van der Waals surface area contributed by atoms with Crippen molar-refractivity contribution in [3.05, 3.63) is 36.0 Å². The molecule has 0 saturated carbocycles. The molecule has 5 nitrogen and oxygen atoms in total. The molecule has 2 heterocycles. The van der Waals surface area contributed by atoms with Crippen LogP contribution in [0.25, 0.3) is 11.4 Å². The van der Waals surface area contributed by atoms with Crippen molar-refractivity contribution in [2.75, 3.05) is 36.9 Å². The van der Waals surface area contributed by atoms with E-state index in [2.05, 4.69) is 31.7 Å². The Morgan fingerprint density at radius 1 is 1.12 bits per heavy atom. The molecule has 1 fully saturated rings. The Bertz CT molecular complexity index is 706. The Labute approximate surface area is 154 Å². The van der Waals surface area contributed by atoms with E-state index in [0.29, 0.717) is 0 Å². The number of thioether (sulfide) groups is 1. The summed E-state index contributed by atoms with van der Waals surface area (Å²) in [7, 11) is 0. The van der Waals surface area contributed by atoms with Crippen molar-refractivity contribution >= 4 is 23.3 Å². The number of benzene rings is 1. The van der Waals surface area contributed by atoms with Gasteiger partial charge < -0.3 is 15.4 Å². The third-order valence-corrected chi connectivity index (χ3v) is 5.23. The molecule has 1 aromatic heterocycles. The summed E-state index contributed by atoms with van der Waals surface area (Å²) in [6.07, 6.45) is 0. The molecule has 6 heteroatoms. The predicted octanol–water partition coefficient (Wildman–Crippen LogP) is 3.59. The van der Waals surface area contributed by atoms with Crippen LogP contribution >= 0.6 is 11.8 Å². The van der Waals surface area contributed by atoms with Crippen molar-refractivity contribution in [1.29, 1.82) is 0 Å². The molecule has 134 valence electrons. The molecule has 0 amide bonds. The van der Waals surface area contributed by atoms with Crippen LogP contribution in [0.5, 0.6) is 0 Å². The first-order valence-electron chi connectivity index (χ1n) is 8.61. The van der Waals surface area contributed by atoms with Gasteiger partial charge in [-0.25, -0.2) is 9.97 Å². The van der Waals surface area contributed by atoms with E-state index in [-0.39, 0.29) is 4.75 Å². The van der Waals surface area contributed by atoms with E-state index in [1.807, 2.05) is 36.0 Å². The van der Waals surface area contributed by atoms with Crippen molar-refractivity contribution in [1.82, 2.24) is 9.97 Å². The minimum absolute atomic E-state index is 0.200. The second-order valence-corrected chi connectivity index (χ2v) is 8.97. The number of rotatable bonds is 4. The Morgan fingerprint density at radius 2 is 1.80 bits per heavy atom. The Balaban J connectivity index is 1.93. The highest BCUT2D eigenvalue weighted by Crippen LogP contribution is 2.29. The van der Waals surface area contributed by atoms with Crippen LogP contribution in [0.4, 0.5) is 11.5 Å². The zero-order valence-corrected chi connectivity index (χ0v) is 16.0. The summed E-state index contributed by atoms with van der Waals surface area (Å²) < 4.78 is 5.67. The summed E-state index contributed by atoms with van der Waals surface area (Å²) >= 11 is 1.89. The lowest BCUT2D eigenvalue weighted by atomic mass is 10.2. The van der Waals surface area contributed by atoms with E-state index in [0.717, 1.165) is 60.6 Å². The normalized spacial score (nSPS) is 15.4. The van der Waals surface area contributed by atoms with Crippen LogP contribution in [-0.2, 0) is 10.5 Å². The maximum Gasteiger partial charge on any atom is 0.161 e. The highest BCUT2D eigenvalue weighted by Gasteiger charge is 2.17. The van der Waals surface area contributed by atoms with Gasteiger partial charge in [-0.3, -0.25) is 0 Å². The van der Waals surface area contributed by atoms with Gasteiger partial charge in [0.05, 0.1) is 18.9 Å². The van der Waals surface area contributed by atoms with E-state index in [9.17, 15) is 0 Å². The Kier molecular flexibility index (Phi) is 5.49. The third-order valence-electron chi connectivity index (χ3n) is 3.92. The fourth-order valence-corrected chi connectivity index (χ4v) is 3.29. The Hall–Kier alpha value is -1.79. The largest absolute Gasteiger partial charge is 0.399 e. The molecule has 2 aromatic rings. The summed E-state index contributed by atoms with van der Waals surface area (Å²) in [5, 5.41) is 0. The van der Waals surface area contributed by atoms with Crippen molar-refractivity contribution in [2.45, 2.75) is 31.3 Å². The lowest BCUT2D eigenvalue weighted by molar-refractivity contribution is 0.122. The molecule has 0 atom stereocenters. The molecular formula is C19H26N4OS. The zero-order valence-electron chi connectivity index (χ0n) is 15.2. The standard InChI is InChI=1S/C19H26N4OS/c1-19(2,3)25-13-16-12-17(23-8-10-24-11-9-23)22-18(21-16)14-4-6-15(20)7-5-14/h4-7,12H,8-11,13,20H2,1-3H3. The van der Waals surface area contributed by atoms with Crippen LogP contribution in [0.3, 0.4) is 0 Å². The summed E-state index contributed by atoms with van der Waals surface area (Å²) in [4.78, 5) is 11.9. The van der Waals surface area contributed by atoms with Crippen LogP contribution in [0, 0.1) is 0 Å². The molecule has 0 bridgehead atoms. The Morgan fingerprint density at radius 3 is 2.44 bits per heavy atom. The summed E-state index contributed by atoms with van der Waals surface area (Å²) in [5.41, 5.74) is 8.61. The lowest BCUT2D eigenvalue weighted by Gasteiger charge is -2.28. The van der Waals surface area contributed by atoms with Gasteiger partial charge in [0.25, 0.3) is 0 Å². The van der Waals surface area contributed by atoms with Gasteiger partial charge in [-0.1, -0.05) is 20.8 Å². The molecule has 0 aliphatic carbocycles. The third kappa shape index (κ3) is 5.09. The van der Waals surface area contributed by atoms with Crippen LogP contribution in [-0.4, -0.2) is 41.0 Å². The fourth-order valence-electron chi connectivity index (χ4n) is 2.56. The molecule has 0 unspecified atom stereocenters. The molecule has 2 N–H and O–H groups in total. The van der Waals surface area contributed by atoms with Crippen molar-refractivity contribution in [2.24, 2.45) is 0 Å². The second kappa shape index (κ2) is 7.62. The molecule has 1 aliphatic heterocycles. The van der Waals surface area contributed by atoms with Crippen molar-refractivity contribution < 1.29 is 4.74 Å². The van der Waals surface area contributed by atoms with Gasteiger partial charge in [0.15, 0.2) is 5.82 Å². The van der Waals surface area contributed by atoms with E-state index < -0.39 is 0 Å². The summed E-state index contributed by atoms with van der Waals surface area (Å²) in [5.74, 6) is 2.61. The van der Waals surface area contributed by atoms with Gasteiger partial charge in [-0.2, -0.15) is 0 Å². The van der Waals surface area contributed by atoms with E-state index in [4.69, 9.17) is 20.4 Å². The maximum absolute atomic E-state index is 5.81. The second-order valence-electron chi connectivity index (χ2n) is 7.16. The number of hydrogen-bond donors (Lipinski definition) is 1. The van der Waals surface area contributed by atoms with Crippen LogP contribution in [0.1, 0.15) is 26.5 Å². The van der Waals surface area contributed by atoms with E-state index in [1.165, 1.54) is 0 Å². The molecule has 1 aromatic carbocycles. The summed E-state index contributed by atoms with van der Waals surface area (Å²) in [6, 6.07) is 9.86. The quantitative estimate of drug-likeness (QED) is 0.843. The number of aromatic nitrogens is 2.